The van der Waals surface area contributed by atoms with Crippen LogP contribution in [0.2, 0.25) is 0 Å². The van der Waals surface area contributed by atoms with Crippen LogP contribution >= 0.6 is 23.6 Å². The fourth-order valence-corrected chi connectivity index (χ4v) is 2.23. The minimum atomic E-state index is 0.510. The quantitative estimate of drug-likeness (QED) is 0.766. The Labute approximate surface area is 85.2 Å². The summed E-state index contributed by atoms with van der Waals surface area (Å²) >= 11 is 6.50. The van der Waals surface area contributed by atoms with Crippen LogP contribution in [0.5, 0.6) is 0 Å². The van der Waals surface area contributed by atoms with E-state index < -0.39 is 0 Å². The van der Waals surface area contributed by atoms with Crippen molar-refractivity contribution in [2.75, 3.05) is 0 Å². The van der Waals surface area contributed by atoms with Gasteiger partial charge in [0.2, 0.25) is 0 Å². The Morgan fingerprint density at radius 3 is 3.23 bits per heavy atom. The second-order valence-corrected chi connectivity index (χ2v) is 4.24. The summed E-state index contributed by atoms with van der Waals surface area (Å²) < 4.78 is 2.04. The third kappa shape index (κ3) is 1.45. The van der Waals surface area contributed by atoms with Crippen LogP contribution in [0.15, 0.2) is 11.6 Å². The summed E-state index contributed by atoms with van der Waals surface area (Å²) in [7, 11) is 0. The van der Waals surface area contributed by atoms with E-state index >= 15 is 0 Å². The first kappa shape index (κ1) is 8.65. The van der Waals surface area contributed by atoms with E-state index in [1.54, 1.807) is 11.3 Å². The van der Waals surface area contributed by atoms with Crippen LogP contribution in [0.25, 0.3) is 4.96 Å². The van der Waals surface area contributed by atoms with Crippen LogP contribution in [0, 0.1) is 6.92 Å². The molecule has 0 atom stereocenters. The molecule has 0 fully saturated rings. The van der Waals surface area contributed by atoms with Crippen molar-refractivity contribution in [1.29, 1.82) is 0 Å². The van der Waals surface area contributed by atoms with Crippen LogP contribution in [-0.4, -0.2) is 14.4 Å². The Kier molecular flexibility index (Phi) is 2.05. The summed E-state index contributed by atoms with van der Waals surface area (Å²) in [5.41, 5.74) is 7.62. The highest BCUT2D eigenvalue weighted by molar-refractivity contribution is 7.80. The second kappa shape index (κ2) is 3.08. The lowest BCUT2D eigenvalue weighted by molar-refractivity contribution is 1.07. The second-order valence-electron chi connectivity index (χ2n) is 2.84. The molecule has 0 aliphatic carbocycles. The molecule has 0 aromatic carbocycles. The normalized spacial score (nSPS) is 10.8. The summed E-state index contributed by atoms with van der Waals surface area (Å²) in [5.74, 6) is 0. The standard InChI is InChI=1S/C8H9N3S2/c1-5-6(4-7(9)12)11-2-3-13-8(11)10-5/h2-3H,4H2,1H3,(H2,9,12). The molecule has 5 heteroatoms. The van der Waals surface area contributed by atoms with Gasteiger partial charge in [0.05, 0.1) is 16.4 Å². The molecule has 2 aromatic rings. The Hall–Kier alpha value is -0.940. The molecule has 0 aliphatic rings. The van der Waals surface area contributed by atoms with Gasteiger partial charge in [-0.25, -0.2) is 4.98 Å². The predicted molar refractivity (Wildman–Crippen MR) is 58.3 cm³/mol. The number of thiocarbonyl (C=S) groups is 1. The van der Waals surface area contributed by atoms with E-state index in [4.69, 9.17) is 18.0 Å². The number of fused-ring (bicyclic) bond motifs is 1. The molecule has 2 heterocycles. The van der Waals surface area contributed by atoms with Crippen LogP contribution in [0.1, 0.15) is 11.4 Å². The number of imidazole rings is 1. The molecule has 0 radical (unpaired) electrons. The van der Waals surface area contributed by atoms with Crippen molar-refractivity contribution in [3.05, 3.63) is 23.0 Å². The number of nitrogens with two attached hydrogens (primary N) is 1. The average molecular weight is 211 g/mol. The van der Waals surface area contributed by atoms with Gasteiger partial charge in [0, 0.05) is 18.0 Å². The number of hydrogen-bond donors (Lipinski definition) is 1. The average Bonchev–Trinajstić information content (AvgIpc) is 2.55. The molecule has 2 rings (SSSR count). The molecule has 2 N–H and O–H groups in total. The van der Waals surface area contributed by atoms with E-state index in [0.29, 0.717) is 11.4 Å². The van der Waals surface area contributed by atoms with Gasteiger partial charge >= 0.3 is 0 Å². The number of thiazole rings is 1. The highest BCUT2D eigenvalue weighted by Crippen LogP contribution is 2.16. The monoisotopic (exact) mass is 211 g/mol. The molecular formula is C8H9N3S2. The zero-order valence-electron chi connectivity index (χ0n) is 7.15. The molecule has 0 unspecified atom stereocenters. The Morgan fingerprint density at radius 2 is 2.54 bits per heavy atom. The van der Waals surface area contributed by atoms with E-state index in [-0.39, 0.29) is 0 Å². The first-order chi connectivity index (χ1) is 6.18. The number of rotatable bonds is 2. The molecule has 0 spiro atoms. The zero-order valence-corrected chi connectivity index (χ0v) is 8.78. The Balaban J connectivity index is 2.57. The first-order valence-corrected chi connectivity index (χ1v) is 5.16. The Bertz CT molecular complexity index is 455. The van der Waals surface area contributed by atoms with Crippen LogP contribution in [-0.2, 0) is 6.42 Å². The molecule has 0 saturated carbocycles. The molecular weight excluding hydrogens is 202 g/mol. The molecule has 0 amide bonds. The van der Waals surface area contributed by atoms with Gasteiger partial charge in [-0.3, -0.25) is 4.40 Å². The van der Waals surface area contributed by atoms with Gasteiger partial charge < -0.3 is 5.73 Å². The van der Waals surface area contributed by atoms with Gasteiger partial charge in [0.15, 0.2) is 4.96 Å². The fourth-order valence-electron chi connectivity index (χ4n) is 1.32. The fraction of sp³-hybridized carbons (Fsp3) is 0.250. The lowest BCUT2D eigenvalue weighted by Crippen LogP contribution is -2.13. The van der Waals surface area contributed by atoms with Crippen molar-refractivity contribution < 1.29 is 0 Å². The first-order valence-electron chi connectivity index (χ1n) is 3.88. The number of hydrogen-bond acceptors (Lipinski definition) is 3. The lowest BCUT2D eigenvalue weighted by atomic mass is 10.2. The van der Waals surface area contributed by atoms with Crippen molar-refractivity contribution in [3.63, 3.8) is 0 Å². The van der Waals surface area contributed by atoms with Crippen molar-refractivity contribution >= 4 is 33.5 Å². The van der Waals surface area contributed by atoms with E-state index in [9.17, 15) is 0 Å². The summed E-state index contributed by atoms with van der Waals surface area (Å²) in [6.07, 6.45) is 2.62. The third-order valence-electron chi connectivity index (χ3n) is 1.90. The molecule has 0 bridgehead atoms. The highest BCUT2D eigenvalue weighted by Gasteiger charge is 2.09. The molecule has 0 aliphatic heterocycles. The molecule has 3 nitrogen and oxygen atoms in total. The van der Waals surface area contributed by atoms with Gasteiger partial charge in [-0.15, -0.1) is 11.3 Å². The lowest BCUT2D eigenvalue weighted by Gasteiger charge is -1.97. The largest absolute Gasteiger partial charge is 0.393 e. The van der Waals surface area contributed by atoms with Gasteiger partial charge in [-0.05, 0) is 6.92 Å². The van der Waals surface area contributed by atoms with Gasteiger partial charge in [0.25, 0.3) is 0 Å². The minimum Gasteiger partial charge on any atom is -0.393 e. The smallest absolute Gasteiger partial charge is 0.194 e. The van der Waals surface area contributed by atoms with Crippen LogP contribution in [0.3, 0.4) is 0 Å². The highest BCUT2D eigenvalue weighted by atomic mass is 32.1. The minimum absolute atomic E-state index is 0.510. The van der Waals surface area contributed by atoms with E-state index in [1.165, 1.54) is 0 Å². The molecule has 2 aromatic heterocycles. The number of aryl methyl sites for hydroxylation is 1. The summed E-state index contributed by atoms with van der Waals surface area (Å²) in [6, 6.07) is 0. The maximum atomic E-state index is 5.51. The van der Waals surface area contributed by atoms with Crippen LogP contribution < -0.4 is 5.73 Å². The van der Waals surface area contributed by atoms with Crippen molar-refractivity contribution in [2.45, 2.75) is 13.3 Å². The van der Waals surface area contributed by atoms with E-state index in [0.717, 1.165) is 16.3 Å². The van der Waals surface area contributed by atoms with Crippen LogP contribution in [0.4, 0.5) is 0 Å². The third-order valence-corrected chi connectivity index (χ3v) is 2.80. The van der Waals surface area contributed by atoms with Gasteiger partial charge in [0.1, 0.15) is 0 Å². The Morgan fingerprint density at radius 1 is 1.77 bits per heavy atom. The zero-order chi connectivity index (χ0) is 9.42. The molecule has 68 valence electrons. The topological polar surface area (TPSA) is 43.3 Å². The van der Waals surface area contributed by atoms with Crippen molar-refractivity contribution in [1.82, 2.24) is 9.38 Å². The maximum absolute atomic E-state index is 5.51. The molecule has 13 heavy (non-hydrogen) atoms. The number of aromatic nitrogens is 2. The van der Waals surface area contributed by atoms with Crippen molar-refractivity contribution in [3.8, 4) is 0 Å². The summed E-state index contributed by atoms with van der Waals surface area (Å²) in [4.78, 5) is 5.91. The summed E-state index contributed by atoms with van der Waals surface area (Å²) in [5, 5.41) is 2.00. The van der Waals surface area contributed by atoms with Gasteiger partial charge in [-0.2, -0.15) is 0 Å². The SMILES string of the molecule is Cc1nc2sccn2c1CC(N)=S. The van der Waals surface area contributed by atoms with Crippen molar-refractivity contribution in [2.24, 2.45) is 5.73 Å². The maximum Gasteiger partial charge on any atom is 0.194 e. The van der Waals surface area contributed by atoms with E-state index in [2.05, 4.69) is 4.98 Å². The summed E-state index contributed by atoms with van der Waals surface area (Å²) in [6.45, 7) is 1.98. The molecule has 0 saturated heterocycles. The number of nitrogens with zero attached hydrogens (tertiary/aromatic N) is 2. The van der Waals surface area contributed by atoms with Gasteiger partial charge in [-0.1, -0.05) is 12.2 Å². The van der Waals surface area contributed by atoms with E-state index in [1.807, 2.05) is 22.9 Å². The predicted octanol–water partition coefficient (Wildman–Crippen LogP) is 1.53.